The Hall–Kier alpha value is -2.28. The Morgan fingerprint density at radius 1 is 1.27 bits per heavy atom. The van der Waals surface area contributed by atoms with Gasteiger partial charge in [0.05, 0.1) is 0 Å². The van der Waals surface area contributed by atoms with Gasteiger partial charge in [0.25, 0.3) is 0 Å². The molecule has 2 heterocycles. The highest BCUT2D eigenvalue weighted by Crippen LogP contribution is 2.32. The predicted molar refractivity (Wildman–Crippen MR) is 122 cm³/mol. The van der Waals surface area contributed by atoms with Gasteiger partial charge in [-0.25, -0.2) is 4.39 Å². The molecule has 0 radical (unpaired) electrons. The highest BCUT2D eigenvalue weighted by atomic mass is 19.1. The van der Waals surface area contributed by atoms with Crippen molar-refractivity contribution in [1.82, 2.24) is 10.2 Å². The van der Waals surface area contributed by atoms with Crippen LogP contribution in [-0.4, -0.2) is 50.5 Å². The zero-order valence-electron chi connectivity index (χ0n) is 17.6. The number of nitrogens with zero attached hydrogens (tertiary/aromatic N) is 1. The first kappa shape index (κ1) is 21.0. The molecule has 3 N–H and O–H groups in total. The van der Waals surface area contributed by atoms with Crippen molar-refractivity contribution in [2.24, 2.45) is 5.92 Å². The van der Waals surface area contributed by atoms with Crippen molar-refractivity contribution in [3.05, 3.63) is 58.9 Å². The Morgan fingerprint density at radius 2 is 2.03 bits per heavy atom. The van der Waals surface area contributed by atoms with E-state index >= 15 is 0 Å². The number of halogens is 1. The van der Waals surface area contributed by atoms with E-state index in [0.717, 1.165) is 69.2 Å². The summed E-state index contributed by atoms with van der Waals surface area (Å²) in [6.45, 7) is 7.97. The van der Waals surface area contributed by atoms with Crippen molar-refractivity contribution in [2.45, 2.75) is 25.8 Å². The Morgan fingerprint density at radius 3 is 2.77 bits per heavy atom. The lowest BCUT2D eigenvalue weighted by Gasteiger charge is -2.40. The van der Waals surface area contributed by atoms with Crippen LogP contribution in [0.3, 0.4) is 0 Å². The second kappa shape index (κ2) is 9.69. The van der Waals surface area contributed by atoms with E-state index in [1.807, 2.05) is 0 Å². The fraction of sp³-hybridized carbons (Fsp3) is 0.458. The molecule has 2 fully saturated rings. The maximum atomic E-state index is 13.2. The number of ether oxygens (including phenoxy) is 1. The van der Waals surface area contributed by atoms with Crippen LogP contribution in [-0.2, 0) is 4.74 Å². The van der Waals surface area contributed by atoms with E-state index in [4.69, 9.17) is 10.1 Å². The van der Waals surface area contributed by atoms with Gasteiger partial charge in [-0.1, -0.05) is 0 Å². The normalized spacial score (nSPS) is 20.8. The Balaban J connectivity index is 0.00000272. The number of nitrogens with one attached hydrogen (secondary N) is 3. The smallest absolute Gasteiger partial charge is 0.123 e. The Kier molecular flexibility index (Phi) is 6.77. The lowest BCUT2D eigenvalue weighted by Crippen LogP contribution is -2.48. The van der Waals surface area contributed by atoms with Gasteiger partial charge in [-0.05, 0) is 73.2 Å². The molecule has 30 heavy (non-hydrogen) atoms. The standard InChI is InChI=1S/C24H31FN4O.H2/c1-17-12-23(28-21-4-2-20(25)3-5-21)19(14-26)13-22(17)24-15-27-8-9-29(24)16-18-6-10-30-11-7-18;/h2-5,12-14,18,24,26-28H,6-11,15-16H2,1H3;1H. The van der Waals surface area contributed by atoms with Crippen LogP contribution < -0.4 is 10.6 Å². The van der Waals surface area contributed by atoms with Crippen molar-refractivity contribution < 1.29 is 10.6 Å². The molecule has 1 atom stereocenters. The summed E-state index contributed by atoms with van der Waals surface area (Å²) >= 11 is 0. The molecule has 0 aliphatic carbocycles. The number of aryl methyl sites for hydroxylation is 1. The van der Waals surface area contributed by atoms with E-state index in [9.17, 15) is 4.39 Å². The van der Waals surface area contributed by atoms with Crippen LogP contribution in [0.25, 0.3) is 0 Å². The highest BCUT2D eigenvalue weighted by molar-refractivity contribution is 5.88. The van der Waals surface area contributed by atoms with Crippen molar-refractivity contribution in [3.63, 3.8) is 0 Å². The van der Waals surface area contributed by atoms with E-state index in [1.54, 1.807) is 12.1 Å². The predicted octanol–water partition coefficient (Wildman–Crippen LogP) is 4.49. The van der Waals surface area contributed by atoms with Gasteiger partial charge in [-0.2, -0.15) is 0 Å². The zero-order valence-corrected chi connectivity index (χ0v) is 17.6. The average molecular weight is 413 g/mol. The molecular weight excluding hydrogens is 379 g/mol. The topological polar surface area (TPSA) is 60.4 Å². The molecule has 2 aromatic carbocycles. The van der Waals surface area contributed by atoms with Crippen LogP contribution in [0.15, 0.2) is 36.4 Å². The molecule has 0 spiro atoms. The first-order valence-electron chi connectivity index (χ1n) is 10.8. The summed E-state index contributed by atoms with van der Waals surface area (Å²) < 4.78 is 18.8. The summed E-state index contributed by atoms with van der Waals surface area (Å²) in [5.74, 6) is 0.440. The van der Waals surface area contributed by atoms with E-state index in [2.05, 4.69) is 34.6 Å². The maximum absolute atomic E-state index is 13.2. The largest absolute Gasteiger partial charge is 0.381 e. The van der Waals surface area contributed by atoms with Crippen LogP contribution in [0.5, 0.6) is 0 Å². The molecule has 1 unspecified atom stereocenters. The number of anilines is 2. The number of benzene rings is 2. The number of rotatable bonds is 6. The number of hydrogen-bond donors (Lipinski definition) is 3. The molecule has 2 aliphatic rings. The molecule has 0 bridgehead atoms. The van der Waals surface area contributed by atoms with Gasteiger partial charge in [0, 0.05) is 70.0 Å². The third-order valence-electron chi connectivity index (χ3n) is 6.26. The second-order valence-electron chi connectivity index (χ2n) is 8.34. The molecule has 6 heteroatoms. The van der Waals surface area contributed by atoms with Crippen molar-refractivity contribution in [1.29, 1.82) is 5.41 Å². The van der Waals surface area contributed by atoms with Crippen LogP contribution in [0.1, 0.15) is 37.0 Å². The third-order valence-corrected chi connectivity index (χ3v) is 6.26. The van der Waals surface area contributed by atoms with Crippen molar-refractivity contribution >= 4 is 17.6 Å². The summed E-state index contributed by atoms with van der Waals surface area (Å²) in [6, 6.07) is 10.9. The molecule has 162 valence electrons. The second-order valence-corrected chi connectivity index (χ2v) is 8.34. The molecule has 0 saturated carbocycles. The SMILES string of the molecule is Cc1cc(Nc2ccc(F)cc2)c(C=N)cc1C1CNCCN1CC1CCOCC1.[HH]. The molecule has 0 amide bonds. The number of hydrogen-bond acceptors (Lipinski definition) is 5. The molecule has 2 aromatic rings. The fourth-order valence-electron chi connectivity index (χ4n) is 4.55. The van der Waals surface area contributed by atoms with Crippen LogP contribution in [0.4, 0.5) is 15.8 Å². The summed E-state index contributed by atoms with van der Waals surface area (Å²) in [6.07, 6.45) is 3.68. The molecule has 0 aromatic heterocycles. The summed E-state index contributed by atoms with van der Waals surface area (Å²) in [5.41, 5.74) is 5.01. The fourth-order valence-corrected chi connectivity index (χ4v) is 4.55. The van der Waals surface area contributed by atoms with Crippen LogP contribution in [0.2, 0.25) is 0 Å². The Bertz CT molecular complexity index is 871. The van der Waals surface area contributed by atoms with E-state index in [1.165, 1.54) is 29.5 Å². The minimum Gasteiger partial charge on any atom is -0.381 e. The van der Waals surface area contributed by atoms with Gasteiger partial charge in [0.2, 0.25) is 0 Å². The van der Waals surface area contributed by atoms with Gasteiger partial charge in [0.15, 0.2) is 0 Å². The Labute approximate surface area is 179 Å². The average Bonchev–Trinajstić information content (AvgIpc) is 2.77. The summed E-state index contributed by atoms with van der Waals surface area (Å²) in [7, 11) is 0. The van der Waals surface area contributed by atoms with E-state index < -0.39 is 0 Å². The minimum atomic E-state index is -0.256. The lowest BCUT2D eigenvalue weighted by atomic mass is 9.92. The lowest BCUT2D eigenvalue weighted by molar-refractivity contribution is 0.0407. The van der Waals surface area contributed by atoms with Crippen LogP contribution in [0, 0.1) is 24.1 Å². The minimum absolute atomic E-state index is 0. The summed E-state index contributed by atoms with van der Waals surface area (Å²) in [4.78, 5) is 2.61. The van der Waals surface area contributed by atoms with Crippen molar-refractivity contribution in [3.8, 4) is 0 Å². The van der Waals surface area contributed by atoms with E-state index in [0.29, 0.717) is 12.0 Å². The molecular formula is C24H33FN4O. The monoisotopic (exact) mass is 412 g/mol. The molecule has 4 rings (SSSR count). The molecule has 2 aliphatic heterocycles. The first-order chi connectivity index (χ1) is 14.6. The van der Waals surface area contributed by atoms with Crippen LogP contribution >= 0.6 is 0 Å². The van der Waals surface area contributed by atoms with Gasteiger partial charge >= 0.3 is 0 Å². The highest BCUT2D eigenvalue weighted by Gasteiger charge is 2.28. The molecule has 2 saturated heterocycles. The van der Waals surface area contributed by atoms with Gasteiger partial charge < -0.3 is 20.8 Å². The van der Waals surface area contributed by atoms with Gasteiger partial charge in [-0.3, -0.25) is 4.90 Å². The van der Waals surface area contributed by atoms with E-state index in [-0.39, 0.29) is 7.24 Å². The zero-order chi connectivity index (χ0) is 20.9. The quantitative estimate of drug-likeness (QED) is 0.612. The van der Waals surface area contributed by atoms with Crippen molar-refractivity contribution in [2.75, 3.05) is 44.7 Å². The third kappa shape index (κ3) is 4.89. The maximum Gasteiger partial charge on any atom is 0.123 e. The first-order valence-corrected chi connectivity index (χ1v) is 10.8. The van der Waals surface area contributed by atoms with Gasteiger partial charge in [-0.15, -0.1) is 0 Å². The van der Waals surface area contributed by atoms with Gasteiger partial charge in [0.1, 0.15) is 5.82 Å². The number of piperazine rings is 1. The molecule has 5 nitrogen and oxygen atoms in total. The summed E-state index contributed by atoms with van der Waals surface area (Å²) in [5, 5.41) is 14.8.